The second-order valence-electron chi connectivity index (χ2n) is 4.59. The van der Waals surface area contributed by atoms with E-state index >= 15 is 0 Å². The maximum atomic E-state index is 11.8. The molecular weight excluding hydrogens is 306 g/mol. The molecule has 0 aromatic heterocycles. The number of rotatable bonds is 6. The van der Waals surface area contributed by atoms with Crippen molar-refractivity contribution in [3.63, 3.8) is 0 Å². The molecule has 0 saturated carbocycles. The van der Waals surface area contributed by atoms with E-state index in [9.17, 15) is 13.9 Å². The van der Waals surface area contributed by atoms with Crippen molar-refractivity contribution in [3.8, 4) is 0 Å². The standard InChI is InChI=1S/C11H16O7P2/c1-11(19(13,14)15,20(16,17)18)8-7-10(12)9-5-3-2-4-6-9/h2-6H,7-8H2,1H3,(H2,13,14,15)(H2,16,17,18). The van der Waals surface area contributed by atoms with Gasteiger partial charge < -0.3 is 19.6 Å². The van der Waals surface area contributed by atoms with Crippen LogP contribution in [0.5, 0.6) is 0 Å². The van der Waals surface area contributed by atoms with Gasteiger partial charge in [0.05, 0.1) is 0 Å². The van der Waals surface area contributed by atoms with Crippen molar-refractivity contribution in [2.75, 3.05) is 0 Å². The Labute approximate surface area is 116 Å². The summed E-state index contributed by atoms with van der Waals surface area (Å²) in [7, 11) is -10.1. The van der Waals surface area contributed by atoms with E-state index in [0.717, 1.165) is 6.92 Å². The van der Waals surface area contributed by atoms with Gasteiger partial charge in [0, 0.05) is 12.0 Å². The first-order valence-electron chi connectivity index (χ1n) is 5.68. The molecule has 0 fully saturated rings. The van der Waals surface area contributed by atoms with E-state index in [2.05, 4.69) is 0 Å². The van der Waals surface area contributed by atoms with E-state index < -0.39 is 32.3 Å². The van der Waals surface area contributed by atoms with E-state index in [1.165, 1.54) is 12.1 Å². The summed E-state index contributed by atoms with van der Waals surface area (Å²) in [5.74, 6) is -0.432. The Morgan fingerprint density at radius 2 is 1.50 bits per heavy atom. The quantitative estimate of drug-likeness (QED) is 0.463. The Morgan fingerprint density at radius 1 is 1.05 bits per heavy atom. The minimum atomic E-state index is -5.07. The fraction of sp³-hybridized carbons (Fsp3) is 0.364. The van der Waals surface area contributed by atoms with Crippen LogP contribution in [0.25, 0.3) is 0 Å². The summed E-state index contributed by atoms with van der Waals surface area (Å²) in [4.78, 5) is 45.9. The lowest BCUT2D eigenvalue weighted by Gasteiger charge is -2.30. The van der Waals surface area contributed by atoms with Gasteiger partial charge in [0.2, 0.25) is 0 Å². The first-order valence-corrected chi connectivity index (χ1v) is 8.91. The summed E-state index contributed by atoms with van der Waals surface area (Å²) in [5, 5.41) is 0. The van der Waals surface area contributed by atoms with Crippen LogP contribution in [0.3, 0.4) is 0 Å². The average Bonchev–Trinajstić information content (AvgIpc) is 2.33. The molecule has 0 amide bonds. The van der Waals surface area contributed by atoms with Crippen molar-refractivity contribution in [1.29, 1.82) is 0 Å². The highest BCUT2D eigenvalue weighted by Crippen LogP contribution is 2.70. The van der Waals surface area contributed by atoms with Gasteiger partial charge >= 0.3 is 15.2 Å². The maximum Gasteiger partial charge on any atom is 0.343 e. The average molecular weight is 322 g/mol. The molecule has 1 aromatic carbocycles. The van der Waals surface area contributed by atoms with Crippen LogP contribution in [0.1, 0.15) is 30.1 Å². The zero-order valence-corrected chi connectivity index (χ0v) is 12.5. The third-order valence-corrected chi connectivity index (χ3v) is 7.70. The van der Waals surface area contributed by atoms with Gasteiger partial charge in [-0.05, 0) is 13.3 Å². The third kappa shape index (κ3) is 3.64. The summed E-state index contributed by atoms with van der Waals surface area (Å²) in [5.41, 5.74) is 0.325. The molecule has 0 aliphatic rings. The molecule has 0 aliphatic carbocycles. The molecule has 0 radical (unpaired) electrons. The van der Waals surface area contributed by atoms with Crippen molar-refractivity contribution in [2.45, 2.75) is 24.7 Å². The zero-order valence-electron chi connectivity index (χ0n) is 10.7. The highest BCUT2D eigenvalue weighted by atomic mass is 31.2. The Morgan fingerprint density at radius 3 is 1.90 bits per heavy atom. The van der Waals surface area contributed by atoms with E-state index in [0.29, 0.717) is 5.56 Å². The summed E-state index contributed by atoms with van der Waals surface area (Å²) in [6, 6.07) is 7.99. The third-order valence-electron chi connectivity index (χ3n) is 3.18. The molecular formula is C11H16O7P2. The summed E-state index contributed by atoms with van der Waals surface area (Å²) in [6.07, 6.45) is -0.966. The molecule has 20 heavy (non-hydrogen) atoms. The lowest BCUT2D eigenvalue weighted by atomic mass is 10.1. The highest BCUT2D eigenvalue weighted by molar-refractivity contribution is 7.72. The molecule has 4 N–H and O–H groups in total. The number of carbonyl (C=O) groups excluding carboxylic acids is 1. The maximum absolute atomic E-state index is 11.8. The summed E-state index contributed by atoms with van der Waals surface area (Å²) in [6.45, 7) is 0.798. The van der Waals surface area contributed by atoms with Crippen molar-refractivity contribution in [1.82, 2.24) is 0 Å². The Bertz CT molecular complexity index is 550. The second-order valence-corrected chi connectivity index (χ2v) is 9.10. The van der Waals surface area contributed by atoms with Gasteiger partial charge in [0.1, 0.15) is 0 Å². The lowest BCUT2D eigenvalue weighted by molar-refractivity contribution is 0.0977. The number of Topliss-reactive ketones (excluding diaryl/α,β-unsaturated/α-hetero) is 1. The fourth-order valence-corrected chi connectivity index (χ4v) is 3.74. The van der Waals surface area contributed by atoms with Crippen molar-refractivity contribution in [3.05, 3.63) is 35.9 Å². The minimum absolute atomic E-state index is 0.325. The Hall–Kier alpha value is -0.810. The van der Waals surface area contributed by atoms with Crippen molar-refractivity contribution in [2.24, 2.45) is 0 Å². The van der Waals surface area contributed by atoms with Crippen LogP contribution in [0.15, 0.2) is 30.3 Å². The van der Waals surface area contributed by atoms with Gasteiger partial charge in [-0.15, -0.1) is 0 Å². The second kappa shape index (κ2) is 5.90. The van der Waals surface area contributed by atoms with Crippen molar-refractivity contribution >= 4 is 21.0 Å². The number of carbonyl (C=O) groups is 1. The normalized spacial score (nSPS) is 13.2. The van der Waals surface area contributed by atoms with E-state index in [1.54, 1.807) is 18.2 Å². The van der Waals surface area contributed by atoms with Crippen LogP contribution in [0, 0.1) is 0 Å². The number of benzene rings is 1. The first-order chi connectivity index (χ1) is 8.99. The minimum Gasteiger partial charge on any atom is -0.324 e. The fourth-order valence-electron chi connectivity index (χ4n) is 1.58. The van der Waals surface area contributed by atoms with Crippen LogP contribution in [0.4, 0.5) is 0 Å². The van der Waals surface area contributed by atoms with Crippen LogP contribution >= 0.6 is 15.2 Å². The lowest BCUT2D eigenvalue weighted by Crippen LogP contribution is -2.26. The van der Waals surface area contributed by atoms with E-state index in [4.69, 9.17) is 19.6 Å². The smallest absolute Gasteiger partial charge is 0.324 e. The van der Waals surface area contributed by atoms with E-state index in [1.807, 2.05) is 0 Å². The van der Waals surface area contributed by atoms with Crippen LogP contribution in [0.2, 0.25) is 0 Å². The number of ketones is 1. The molecule has 0 atom stereocenters. The predicted molar refractivity (Wildman–Crippen MR) is 72.5 cm³/mol. The van der Waals surface area contributed by atoms with Crippen LogP contribution < -0.4 is 0 Å². The van der Waals surface area contributed by atoms with Gasteiger partial charge in [-0.2, -0.15) is 0 Å². The summed E-state index contributed by atoms with van der Waals surface area (Å²) < 4.78 is 22.7. The van der Waals surface area contributed by atoms with Crippen LogP contribution in [-0.4, -0.2) is 30.3 Å². The molecule has 7 nitrogen and oxygen atoms in total. The van der Waals surface area contributed by atoms with Gasteiger partial charge in [0.15, 0.2) is 10.7 Å². The molecule has 1 rings (SSSR count). The molecule has 1 aromatic rings. The van der Waals surface area contributed by atoms with Crippen LogP contribution in [-0.2, 0) is 9.13 Å². The van der Waals surface area contributed by atoms with Gasteiger partial charge in [-0.3, -0.25) is 13.9 Å². The molecule has 0 spiro atoms. The SMILES string of the molecule is CC(CCC(=O)c1ccccc1)(P(=O)(O)O)P(=O)(O)O. The Balaban J connectivity index is 2.93. The summed E-state index contributed by atoms with van der Waals surface area (Å²) >= 11 is 0. The molecule has 0 unspecified atom stereocenters. The Kier molecular flexibility index (Phi) is 5.08. The molecule has 0 aliphatic heterocycles. The van der Waals surface area contributed by atoms with E-state index in [-0.39, 0.29) is 6.42 Å². The largest absolute Gasteiger partial charge is 0.343 e. The van der Waals surface area contributed by atoms with Gasteiger partial charge in [-0.1, -0.05) is 30.3 Å². The van der Waals surface area contributed by atoms with Gasteiger partial charge in [-0.25, -0.2) is 0 Å². The number of hydrogen-bond acceptors (Lipinski definition) is 3. The number of hydrogen-bond donors (Lipinski definition) is 4. The van der Waals surface area contributed by atoms with Gasteiger partial charge in [0.25, 0.3) is 0 Å². The molecule has 0 saturated heterocycles. The molecule has 112 valence electrons. The first kappa shape index (κ1) is 17.2. The molecule has 0 heterocycles. The molecule has 0 bridgehead atoms. The highest BCUT2D eigenvalue weighted by Gasteiger charge is 2.55. The van der Waals surface area contributed by atoms with Crippen molar-refractivity contribution < 1.29 is 33.5 Å². The monoisotopic (exact) mass is 322 g/mol. The molecule has 9 heteroatoms. The topological polar surface area (TPSA) is 132 Å². The predicted octanol–water partition coefficient (Wildman–Crippen LogP) is 1.72. The zero-order chi connectivity index (χ0) is 15.6.